The Morgan fingerprint density at radius 3 is 1.64 bits per heavy atom. The van der Waals surface area contributed by atoms with Crippen molar-refractivity contribution in [3.63, 3.8) is 0 Å². The Morgan fingerprint density at radius 2 is 1.43 bits per heavy atom. The van der Waals surface area contributed by atoms with Crippen LogP contribution >= 0.6 is 0 Å². The number of carbonyl (C=O) groups excluding carboxylic acids is 1. The van der Waals surface area contributed by atoms with Crippen LogP contribution in [0.1, 0.15) is 12.8 Å². The van der Waals surface area contributed by atoms with Gasteiger partial charge < -0.3 is 9.90 Å². The predicted octanol–water partition coefficient (Wildman–Crippen LogP) is 1.26. The third-order valence-corrected chi connectivity index (χ3v) is 1.43. The number of halogens is 6. The van der Waals surface area contributed by atoms with E-state index in [2.05, 4.69) is 0 Å². The average Bonchev–Trinajstić information content (AvgIpc) is 1.78. The lowest BCUT2D eigenvalue weighted by molar-refractivity contribution is -0.310. The molecule has 0 spiro atoms. The van der Waals surface area contributed by atoms with Crippen molar-refractivity contribution in [3.8, 4) is 0 Å². The zero-order chi connectivity index (χ0) is 11.6. The van der Waals surface area contributed by atoms with Gasteiger partial charge in [0.25, 0.3) is 0 Å². The van der Waals surface area contributed by atoms with Crippen LogP contribution in [0.2, 0.25) is 0 Å². The SMILES string of the molecule is O=C([O-])CCC(C(F)(F)F)C(F)(F)F. The monoisotopic (exact) mass is 223 g/mol. The summed E-state index contributed by atoms with van der Waals surface area (Å²) < 4.78 is 70.4. The highest BCUT2D eigenvalue weighted by molar-refractivity contribution is 5.64. The van der Waals surface area contributed by atoms with Gasteiger partial charge in [-0.25, -0.2) is 0 Å². The average molecular weight is 223 g/mol. The molecule has 0 N–H and O–H groups in total. The lowest BCUT2D eigenvalue weighted by atomic mass is 10.0. The molecule has 0 aliphatic rings. The van der Waals surface area contributed by atoms with Gasteiger partial charge in [-0.2, -0.15) is 26.3 Å². The highest BCUT2D eigenvalue weighted by atomic mass is 19.4. The van der Waals surface area contributed by atoms with Gasteiger partial charge in [0.05, 0.1) is 0 Å². The Balaban J connectivity index is 4.51. The maximum Gasteiger partial charge on any atom is 0.400 e. The summed E-state index contributed by atoms with van der Waals surface area (Å²) in [6.45, 7) is 0. The molecule has 2 nitrogen and oxygen atoms in total. The van der Waals surface area contributed by atoms with Gasteiger partial charge in [-0.3, -0.25) is 0 Å². The molecule has 84 valence electrons. The van der Waals surface area contributed by atoms with E-state index in [0.717, 1.165) is 0 Å². The second-order valence-corrected chi connectivity index (χ2v) is 2.55. The van der Waals surface area contributed by atoms with E-state index in [9.17, 15) is 36.2 Å². The van der Waals surface area contributed by atoms with E-state index in [4.69, 9.17) is 0 Å². The molecule has 0 aromatic rings. The first kappa shape index (κ1) is 13.0. The smallest absolute Gasteiger partial charge is 0.400 e. The summed E-state index contributed by atoms with van der Waals surface area (Å²) in [6, 6.07) is 0. The highest BCUT2D eigenvalue weighted by Gasteiger charge is 2.55. The van der Waals surface area contributed by atoms with E-state index in [1.165, 1.54) is 0 Å². The van der Waals surface area contributed by atoms with Crippen molar-refractivity contribution in [2.75, 3.05) is 0 Å². The van der Waals surface area contributed by atoms with Crippen molar-refractivity contribution in [1.29, 1.82) is 0 Å². The maximum absolute atomic E-state index is 11.7. The molecule has 0 bridgehead atoms. The van der Waals surface area contributed by atoms with Crippen molar-refractivity contribution in [3.05, 3.63) is 0 Å². The highest BCUT2D eigenvalue weighted by Crippen LogP contribution is 2.41. The van der Waals surface area contributed by atoms with Crippen molar-refractivity contribution in [2.45, 2.75) is 25.2 Å². The van der Waals surface area contributed by atoms with Crippen LogP contribution in [0.3, 0.4) is 0 Å². The number of hydrogen-bond donors (Lipinski definition) is 0. The largest absolute Gasteiger partial charge is 0.550 e. The Labute approximate surface area is 74.5 Å². The van der Waals surface area contributed by atoms with Gasteiger partial charge >= 0.3 is 12.4 Å². The van der Waals surface area contributed by atoms with E-state index in [0.29, 0.717) is 0 Å². The summed E-state index contributed by atoms with van der Waals surface area (Å²) in [4.78, 5) is 9.71. The first-order chi connectivity index (χ1) is 6.05. The normalized spacial score (nSPS) is 13.4. The van der Waals surface area contributed by atoms with Gasteiger partial charge in [0.2, 0.25) is 0 Å². The van der Waals surface area contributed by atoms with Crippen LogP contribution in [-0.4, -0.2) is 18.3 Å². The Kier molecular flexibility index (Phi) is 3.78. The van der Waals surface area contributed by atoms with Gasteiger partial charge in [0.1, 0.15) is 0 Å². The van der Waals surface area contributed by atoms with Crippen LogP contribution in [0.15, 0.2) is 0 Å². The van der Waals surface area contributed by atoms with E-state index >= 15 is 0 Å². The first-order valence-electron chi connectivity index (χ1n) is 3.38. The first-order valence-corrected chi connectivity index (χ1v) is 3.38. The standard InChI is InChI=1S/C6H6F6O2/c7-5(8,9)3(6(10,11)12)1-2-4(13)14/h3H,1-2H2,(H,13,14)/p-1. The molecule has 0 unspecified atom stereocenters. The lowest BCUT2D eigenvalue weighted by Crippen LogP contribution is -2.37. The summed E-state index contributed by atoms with van der Waals surface area (Å²) in [5.41, 5.74) is 0. The fourth-order valence-corrected chi connectivity index (χ4v) is 0.775. The molecule has 0 radical (unpaired) electrons. The molecule has 0 saturated heterocycles. The molecule has 0 aromatic heterocycles. The summed E-state index contributed by atoms with van der Waals surface area (Å²) in [6.07, 6.45) is -13.8. The van der Waals surface area contributed by atoms with Gasteiger partial charge in [-0.05, 0) is 12.8 Å². The van der Waals surface area contributed by atoms with E-state index < -0.39 is 37.1 Å². The van der Waals surface area contributed by atoms with E-state index in [-0.39, 0.29) is 0 Å². The number of rotatable bonds is 3. The Hall–Kier alpha value is -0.950. The van der Waals surface area contributed by atoms with Crippen molar-refractivity contribution in [2.24, 2.45) is 5.92 Å². The number of carbonyl (C=O) groups is 1. The molecule has 0 rings (SSSR count). The fourth-order valence-electron chi connectivity index (χ4n) is 0.775. The minimum absolute atomic E-state index is 1.27. The molecule has 0 aliphatic heterocycles. The third kappa shape index (κ3) is 4.33. The Morgan fingerprint density at radius 1 is 1.07 bits per heavy atom. The summed E-state index contributed by atoms with van der Waals surface area (Å²) >= 11 is 0. The van der Waals surface area contributed by atoms with Gasteiger partial charge in [-0.1, -0.05) is 0 Å². The minimum Gasteiger partial charge on any atom is -0.550 e. The van der Waals surface area contributed by atoms with Gasteiger partial charge in [-0.15, -0.1) is 0 Å². The Bertz CT molecular complexity index is 191. The molecule has 0 atom stereocenters. The summed E-state index contributed by atoms with van der Waals surface area (Å²) in [7, 11) is 0. The molecular formula is C6H5F6O2-. The number of aliphatic carboxylic acids is 1. The quantitative estimate of drug-likeness (QED) is 0.675. The maximum atomic E-state index is 11.7. The summed E-state index contributed by atoms with van der Waals surface area (Å²) in [5.74, 6) is -5.55. The van der Waals surface area contributed by atoms with Crippen molar-refractivity contribution >= 4 is 5.97 Å². The minimum atomic E-state index is -5.48. The van der Waals surface area contributed by atoms with Crippen molar-refractivity contribution < 1.29 is 36.2 Å². The van der Waals surface area contributed by atoms with Crippen LogP contribution in [0.25, 0.3) is 0 Å². The van der Waals surface area contributed by atoms with Gasteiger partial charge in [0, 0.05) is 5.97 Å². The molecule has 0 aromatic carbocycles. The molecule has 14 heavy (non-hydrogen) atoms. The van der Waals surface area contributed by atoms with Gasteiger partial charge in [0.15, 0.2) is 5.92 Å². The molecule has 0 heterocycles. The van der Waals surface area contributed by atoms with Crippen molar-refractivity contribution in [1.82, 2.24) is 0 Å². The predicted molar refractivity (Wildman–Crippen MR) is 29.8 cm³/mol. The van der Waals surface area contributed by atoms with E-state index in [1.54, 1.807) is 0 Å². The number of alkyl halides is 6. The van der Waals surface area contributed by atoms with Crippen LogP contribution in [0, 0.1) is 5.92 Å². The number of carboxylic acid groups (broad SMARTS) is 1. The molecule has 0 amide bonds. The topological polar surface area (TPSA) is 40.1 Å². The second kappa shape index (κ2) is 4.05. The zero-order valence-corrected chi connectivity index (χ0v) is 6.58. The van der Waals surface area contributed by atoms with E-state index in [1.807, 2.05) is 0 Å². The van der Waals surface area contributed by atoms with Crippen LogP contribution in [0.5, 0.6) is 0 Å². The van der Waals surface area contributed by atoms with Crippen LogP contribution < -0.4 is 5.11 Å². The molecule has 0 aliphatic carbocycles. The fraction of sp³-hybridized carbons (Fsp3) is 0.833. The second-order valence-electron chi connectivity index (χ2n) is 2.55. The molecule has 8 heteroatoms. The number of carboxylic acids is 1. The summed E-state index contributed by atoms with van der Waals surface area (Å²) in [5, 5.41) is 9.71. The molecule has 0 fully saturated rings. The zero-order valence-electron chi connectivity index (χ0n) is 6.58. The van der Waals surface area contributed by atoms with Crippen LogP contribution in [-0.2, 0) is 4.79 Å². The molecular weight excluding hydrogens is 218 g/mol. The lowest BCUT2D eigenvalue weighted by Gasteiger charge is -2.22. The van der Waals surface area contributed by atoms with Crippen LogP contribution in [0.4, 0.5) is 26.3 Å². The third-order valence-electron chi connectivity index (χ3n) is 1.43. The number of hydrogen-bond acceptors (Lipinski definition) is 2. The molecule has 0 saturated carbocycles.